The maximum Gasteiger partial charge on any atom is 0.145 e. The van der Waals surface area contributed by atoms with Gasteiger partial charge in [-0.3, -0.25) is 0 Å². The molecule has 0 amide bonds. The molecule has 1 rings (SSSR count). The number of nitrogens with one attached hydrogen (secondary N) is 2. The highest BCUT2D eigenvalue weighted by molar-refractivity contribution is 5.47. The van der Waals surface area contributed by atoms with E-state index in [2.05, 4.69) is 27.6 Å². The lowest BCUT2D eigenvalue weighted by Crippen LogP contribution is -2.18. The van der Waals surface area contributed by atoms with Crippen molar-refractivity contribution in [3.63, 3.8) is 0 Å². The first kappa shape index (κ1) is 14.7. The molecule has 1 aromatic rings. The summed E-state index contributed by atoms with van der Waals surface area (Å²) in [5, 5.41) is 12.1. The minimum atomic E-state index is 0.211. The summed E-state index contributed by atoms with van der Waals surface area (Å²) < 4.78 is 0. The highest BCUT2D eigenvalue weighted by atomic mass is 16.2. The predicted octanol–water partition coefficient (Wildman–Crippen LogP) is 1.46. The molecule has 6 heteroatoms. The Bertz CT molecular complexity index is 369. The third-order valence-corrected chi connectivity index (χ3v) is 2.60. The highest BCUT2D eigenvalue weighted by Crippen LogP contribution is 2.17. The molecule has 0 saturated carbocycles. The molecule has 0 bridgehead atoms. The van der Waals surface area contributed by atoms with Crippen LogP contribution in [-0.4, -0.2) is 27.7 Å². The second-order valence-corrected chi connectivity index (χ2v) is 4.71. The number of nitrogen functional groups attached to an aromatic ring is 1. The van der Waals surface area contributed by atoms with E-state index in [0.29, 0.717) is 5.82 Å². The molecule has 5 N–H and O–H groups in total. The quantitative estimate of drug-likeness (QED) is 0.434. The molecule has 1 atom stereocenters. The topological polar surface area (TPSA) is 96.1 Å². The van der Waals surface area contributed by atoms with Gasteiger partial charge < -0.3 is 15.8 Å². The van der Waals surface area contributed by atoms with Crippen LogP contribution >= 0.6 is 0 Å². The van der Waals surface area contributed by atoms with E-state index in [1.807, 2.05) is 13.8 Å². The number of nitrogens with zero attached hydrogens (tertiary/aromatic N) is 2. The number of hydrogen-bond donors (Lipinski definition) is 4. The zero-order valence-electron chi connectivity index (χ0n) is 11.3. The molecule has 0 aliphatic heterocycles. The Morgan fingerprint density at radius 2 is 1.94 bits per heavy atom. The Hall–Kier alpha value is -1.40. The van der Waals surface area contributed by atoms with Crippen LogP contribution in [0.1, 0.15) is 45.4 Å². The van der Waals surface area contributed by atoms with Gasteiger partial charge in [0.1, 0.15) is 17.5 Å². The highest BCUT2D eigenvalue weighted by Gasteiger charge is 2.09. The molecule has 102 valence electrons. The zero-order chi connectivity index (χ0) is 13.5. The second kappa shape index (κ2) is 7.13. The maximum atomic E-state index is 8.80. The van der Waals surface area contributed by atoms with E-state index >= 15 is 0 Å². The molecule has 18 heavy (non-hydrogen) atoms. The summed E-state index contributed by atoms with van der Waals surface area (Å²) in [6, 6.07) is 2.03. The van der Waals surface area contributed by atoms with Gasteiger partial charge in [-0.1, -0.05) is 13.8 Å². The lowest BCUT2D eigenvalue weighted by molar-refractivity contribution is 0.282. The lowest BCUT2D eigenvalue weighted by atomic mass is 10.2. The van der Waals surface area contributed by atoms with Crippen molar-refractivity contribution in [3.05, 3.63) is 11.9 Å². The predicted molar refractivity (Wildman–Crippen MR) is 73.3 cm³/mol. The van der Waals surface area contributed by atoms with Gasteiger partial charge in [0.25, 0.3) is 0 Å². The van der Waals surface area contributed by atoms with E-state index in [4.69, 9.17) is 10.9 Å². The summed E-state index contributed by atoms with van der Waals surface area (Å²) in [7, 11) is 0. The third-order valence-electron chi connectivity index (χ3n) is 2.60. The van der Waals surface area contributed by atoms with Crippen molar-refractivity contribution in [3.8, 4) is 0 Å². The van der Waals surface area contributed by atoms with Gasteiger partial charge in [0.15, 0.2) is 0 Å². The Labute approximate surface area is 108 Å². The molecule has 0 aliphatic rings. The standard InChI is InChI=1S/C12H23N5O/c1-8(2)12-15-10(7-11(16-12)17-13)14-9(3)5-4-6-18/h7-9,18H,4-6,13H2,1-3H3,(H2,14,15,16,17). The minimum absolute atomic E-state index is 0.211. The van der Waals surface area contributed by atoms with Gasteiger partial charge in [0.05, 0.1) is 0 Å². The normalized spacial score (nSPS) is 12.6. The van der Waals surface area contributed by atoms with Crippen LogP contribution in [0.15, 0.2) is 6.07 Å². The molecule has 0 aromatic carbocycles. The minimum Gasteiger partial charge on any atom is -0.396 e. The summed E-state index contributed by atoms with van der Waals surface area (Å²) in [6.45, 7) is 6.34. The van der Waals surface area contributed by atoms with Crippen molar-refractivity contribution in [1.29, 1.82) is 0 Å². The van der Waals surface area contributed by atoms with E-state index in [0.717, 1.165) is 24.5 Å². The van der Waals surface area contributed by atoms with E-state index in [1.54, 1.807) is 6.07 Å². The van der Waals surface area contributed by atoms with E-state index in [-0.39, 0.29) is 18.6 Å². The number of hydrazine groups is 1. The van der Waals surface area contributed by atoms with E-state index in [1.165, 1.54) is 0 Å². The van der Waals surface area contributed by atoms with Gasteiger partial charge >= 0.3 is 0 Å². The van der Waals surface area contributed by atoms with Crippen molar-refractivity contribution in [1.82, 2.24) is 9.97 Å². The van der Waals surface area contributed by atoms with Crippen LogP contribution in [0.5, 0.6) is 0 Å². The maximum absolute atomic E-state index is 8.80. The molecular weight excluding hydrogens is 230 g/mol. The number of nitrogens with two attached hydrogens (primary N) is 1. The molecule has 1 unspecified atom stereocenters. The fourth-order valence-electron chi connectivity index (χ4n) is 1.59. The fourth-order valence-corrected chi connectivity index (χ4v) is 1.59. The average Bonchev–Trinajstić information content (AvgIpc) is 2.35. The molecular formula is C12H23N5O. The molecule has 0 spiro atoms. The average molecular weight is 253 g/mol. The second-order valence-electron chi connectivity index (χ2n) is 4.71. The Balaban J connectivity index is 2.77. The monoisotopic (exact) mass is 253 g/mol. The largest absolute Gasteiger partial charge is 0.396 e. The molecule has 0 fully saturated rings. The van der Waals surface area contributed by atoms with Gasteiger partial charge in [-0.25, -0.2) is 15.8 Å². The van der Waals surface area contributed by atoms with Crippen molar-refractivity contribution >= 4 is 11.6 Å². The Morgan fingerprint density at radius 3 is 2.50 bits per heavy atom. The van der Waals surface area contributed by atoms with E-state index < -0.39 is 0 Å². The first-order valence-corrected chi connectivity index (χ1v) is 6.29. The van der Waals surface area contributed by atoms with Gasteiger partial charge in [-0.05, 0) is 19.8 Å². The van der Waals surface area contributed by atoms with Crippen LogP contribution in [-0.2, 0) is 0 Å². The number of hydrogen-bond acceptors (Lipinski definition) is 6. The zero-order valence-corrected chi connectivity index (χ0v) is 11.3. The number of rotatable bonds is 7. The summed E-state index contributed by atoms with van der Waals surface area (Å²) in [5.41, 5.74) is 2.55. The Morgan fingerprint density at radius 1 is 1.28 bits per heavy atom. The summed E-state index contributed by atoms with van der Waals surface area (Å²) >= 11 is 0. The number of aliphatic hydroxyl groups excluding tert-OH is 1. The van der Waals surface area contributed by atoms with Crippen molar-refractivity contribution in [2.75, 3.05) is 17.3 Å². The van der Waals surface area contributed by atoms with E-state index in [9.17, 15) is 0 Å². The SMILES string of the molecule is CC(CCCO)Nc1cc(NN)nc(C(C)C)n1. The van der Waals surface area contributed by atoms with Crippen molar-refractivity contribution < 1.29 is 5.11 Å². The molecule has 1 heterocycles. The van der Waals surface area contributed by atoms with Gasteiger partial charge in [-0.15, -0.1) is 0 Å². The summed E-state index contributed by atoms with van der Waals surface area (Å²) in [6.07, 6.45) is 1.67. The first-order valence-electron chi connectivity index (χ1n) is 6.29. The molecule has 0 saturated heterocycles. The first-order chi connectivity index (χ1) is 8.56. The number of anilines is 2. The fraction of sp³-hybridized carbons (Fsp3) is 0.667. The molecule has 0 aliphatic carbocycles. The van der Waals surface area contributed by atoms with Crippen LogP contribution in [0.25, 0.3) is 0 Å². The van der Waals surface area contributed by atoms with Gasteiger partial charge in [0, 0.05) is 24.6 Å². The van der Waals surface area contributed by atoms with Crippen LogP contribution in [0.3, 0.4) is 0 Å². The number of aliphatic hydroxyl groups is 1. The van der Waals surface area contributed by atoms with Crippen LogP contribution < -0.4 is 16.6 Å². The van der Waals surface area contributed by atoms with Gasteiger partial charge in [0.2, 0.25) is 0 Å². The van der Waals surface area contributed by atoms with Crippen LogP contribution in [0.2, 0.25) is 0 Å². The van der Waals surface area contributed by atoms with Crippen molar-refractivity contribution in [2.24, 2.45) is 5.84 Å². The lowest BCUT2D eigenvalue weighted by Gasteiger charge is -2.16. The van der Waals surface area contributed by atoms with Crippen LogP contribution in [0.4, 0.5) is 11.6 Å². The number of aromatic nitrogens is 2. The van der Waals surface area contributed by atoms with Gasteiger partial charge in [-0.2, -0.15) is 0 Å². The summed E-state index contributed by atoms with van der Waals surface area (Å²) in [4.78, 5) is 8.74. The Kier molecular flexibility index (Phi) is 5.80. The molecule has 6 nitrogen and oxygen atoms in total. The smallest absolute Gasteiger partial charge is 0.145 e. The summed E-state index contributed by atoms with van der Waals surface area (Å²) in [5.74, 6) is 7.75. The molecule has 1 aromatic heterocycles. The third kappa shape index (κ3) is 4.46. The van der Waals surface area contributed by atoms with Crippen LogP contribution in [0, 0.1) is 0 Å². The molecule has 0 radical (unpaired) electrons. The van der Waals surface area contributed by atoms with Crippen molar-refractivity contribution in [2.45, 2.75) is 45.6 Å².